The fraction of sp³-hybridized carbons (Fsp3) is 1.00. The second-order valence-electron chi connectivity index (χ2n) is 4.69. The van der Waals surface area contributed by atoms with E-state index in [-0.39, 0.29) is 6.10 Å². The van der Waals surface area contributed by atoms with E-state index in [2.05, 4.69) is 0 Å². The van der Waals surface area contributed by atoms with Crippen molar-refractivity contribution in [2.75, 3.05) is 6.61 Å². The SMILES string of the molecule is CCC(O)CCCOC1CCCCCC1. The van der Waals surface area contributed by atoms with Crippen LogP contribution in [0.5, 0.6) is 0 Å². The van der Waals surface area contributed by atoms with Gasteiger partial charge in [0.05, 0.1) is 12.2 Å². The van der Waals surface area contributed by atoms with Crippen molar-refractivity contribution >= 4 is 0 Å². The molecular weight excluding hydrogens is 188 g/mol. The number of hydrogen-bond donors (Lipinski definition) is 1. The van der Waals surface area contributed by atoms with Gasteiger partial charge in [0.1, 0.15) is 0 Å². The van der Waals surface area contributed by atoms with Gasteiger partial charge in [0.2, 0.25) is 0 Å². The molecule has 2 heteroatoms. The largest absolute Gasteiger partial charge is 0.393 e. The number of ether oxygens (including phenoxy) is 1. The Morgan fingerprint density at radius 2 is 1.87 bits per heavy atom. The van der Waals surface area contributed by atoms with Crippen molar-refractivity contribution in [1.82, 2.24) is 0 Å². The molecular formula is C13H26O2. The molecule has 1 rings (SSSR count). The van der Waals surface area contributed by atoms with Crippen molar-refractivity contribution in [3.8, 4) is 0 Å². The summed E-state index contributed by atoms with van der Waals surface area (Å²) in [6, 6.07) is 0. The molecule has 1 unspecified atom stereocenters. The van der Waals surface area contributed by atoms with Crippen LogP contribution in [-0.4, -0.2) is 23.9 Å². The lowest BCUT2D eigenvalue weighted by Crippen LogP contribution is -2.14. The molecule has 0 spiro atoms. The molecule has 1 atom stereocenters. The summed E-state index contributed by atoms with van der Waals surface area (Å²) < 4.78 is 5.85. The Morgan fingerprint density at radius 3 is 2.47 bits per heavy atom. The number of aliphatic hydroxyl groups excluding tert-OH is 1. The minimum atomic E-state index is -0.122. The number of rotatable bonds is 6. The molecule has 2 nitrogen and oxygen atoms in total. The maximum Gasteiger partial charge on any atom is 0.0575 e. The van der Waals surface area contributed by atoms with Crippen molar-refractivity contribution in [3.63, 3.8) is 0 Å². The van der Waals surface area contributed by atoms with Gasteiger partial charge in [-0.15, -0.1) is 0 Å². The summed E-state index contributed by atoms with van der Waals surface area (Å²) in [5.41, 5.74) is 0. The minimum Gasteiger partial charge on any atom is -0.393 e. The van der Waals surface area contributed by atoms with Gasteiger partial charge in [0.15, 0.2) is 0 Å². The summed E-state index contributed by atoms with van der Waals surface area (Å²) in [4.78, 5) is 0. The Bertz CT molecular complexity index is 139. The Kier molecular flexibility index (Phi) is 7.03. The smallest absolute Gasteiger partial charge is 0.0575 e. The maximum atomic E-state index is 9.38. The van der Waals surface area contributed by atoms with Gasteiger partial charge >= 0.3 is 0 Å². The second kappa shape index (κ2) is 8.12. The highest BCUT2D eigenvalue weighted by Gasteiger charge is 2.12. The normalized spacial score (nSPS) is 21.2. The maximum absolute atomic E-state index is 9.38. The average molecular weight is 214 g/mol. The molecule has 90 valence electrons. The molecule has 1 N–H and O–H groups in total. The van der Waals surface area contributed by atoms with Crippen molar-refractivity contribution in [1.29, 1.82) is 0 Å². The molecule has 0 aromatic rings. The van der Waals surface area contributed by atoms with Crippen LogP contribution in [0.2, 0.25) is 0 Å². The van der Waals surface area contributed by atoms with Crippen LogP contribution in [0.4, 0.5) is 0 Å². The van der Waals surface area contributed by atoms with Gasteiger partial charge in [0, 0.05) is 6.61 Å². The molecule has 0 bridgehead atoms. The van der Waals surface area contributed by atoms with E-state index in [1.165, 1.54) is 38.5 Å². The van der Waals surface area contributed by atoms with Gasteiger partial charge in [-0.2, -0.15) is 0 Å². The first-order chi connectivity index (χ1) is 7.33. The number of aliphatic hydroxyl groups is 1. The van der Waals surface area contributed by atoms with Crippen LogP contribution < -0.4 is 0 Å². The predicted octanol–water partition coefficient (Wildman–Crippen LogP) is 3.28. The van der Waals surface area contributed by atoms with Crippen LogP contribution >= 0.6 is 0 Å². The Balaban J connectivity index is 1.98. The first-order valence-corrected chi connectivity index (χ1v) is 6.62. The summed E-state index contributed by atoms with van der Waals surface area (Å²) in [5, 5.41) is 9.38. The molecule has 0 radical (unpaired) electrons. The van der Waals surface area contributed by atoms with E-state index < -0.39 is 0 Å². The first-order valence-electron chi connectivity index (χ1n) is 6.62. The summed E-state index contributed by atoms with van der Waals surface area (Å²) in [5.74, 6) is 0. The standard InChI is InChI=1S/C13H26O2/c1-2-12(14)8-7-11-15-13-9-5-3-4-6-10-13/h12-14H,2-11H2,1H3. The van der Waals surface area contributed by atoms with Crippen molar-refractivity contribution in [3.05, 3.63) is 0 Å². The molecule has 0 saturated heterocycles. The van der Waals surface area contributed by atoms with Crippen molar-refractivity contribution in [2.45, 2.75) is 76.9 Å². The van der Waals surface area contributed by atoms with Gasteiger partial charge in [-0.25, -0.2) is 0 Å². The molecule has 0 amide bonds. The van der Waals surface area contributed by atoms with Gasteiger partial charge < -0.3 is 9.84 Å². The highest BCUT2D eigenvalue weighted by molar-refractivity contribution is 4.64. The zero-order chi connectivity index (χ0) is 10.9. The Hall–Kier alpha value is -0.0800. The zero-order valence-corrected chi connectivity index (χ0v) is 10.1. The molecule has 0 heterocycles. The highest BCUT2D eigenvalue weighted by Crippen LogP contribution is 2.20. The van der Waals surface area contributed by atoms with E-state index >= 15 is 0 Å². The third kappa shape index (κ3) is 6.16. The fourth-order valence-corrected chi connectivity index (χ4v) is 2.18. The molecule has 15 heavy (non-hydrogen) atoms. The monoisotopic (exact) mass is 214 g/mol. The number of hydrogen-bond acceptors (Lipinski definition) is 2. The third-order valence-corrected chi connectivity index (χ3v) is 3.31. The van der Waals surface area contributed by atoms with Gasteiger partial charge in [-0.05, 0) is 32.1 Å². The molecule has 0 aromatic heterocycles. The van der Waals surface area contributed by atoms with E-state index in [1.807, 2.05) is 6.92 Å². The first kappa shape index (κ1) is 13.0. The highest BCUT2D eigenvalue weighted by atomic mass is 16.5. The zero-order valence-electron chi connectivity index (χ0n) is 10.1. The quantitative estimate of drug-likeness (QED) is 0.543. The van der Waals surface area contributed by atoms with Crippen LogP contribution in [0.25, 0.3) is 0 Å². The van der Waals surface area contributed by atoms with Gasteiger partial charge in [-0.1, -0.05) is 32.6 Å². The van der Waals surface area contributed by atoms with E-state index in [0.29, 0.717) is 6.10 Å². The topological polar surface area (TPSA) is 29.5 Å². The van der Waals surface area contributed by atoms with Crippen LogP contribution in [-0.2, 0) is 4.74 Å². The van der Waals surface area contributed by atoms with Crippen LogP contribution in [0, 0.1) is 0 Å². The molecule has 1 aliphatic carbocycles. The lowest BCUT2D eigenvalue weighted by atomic mass is 10.1. The molecule has 0 aliphatic heterocycles. The van der Waals surface area contributed by atoms with E-state index in [1.54, 1.807) is 0 Å². The third-order valence-electron chi connectivity index (χ3n) is 3.31. The van der Waals surface area contributed by atoms with Crippen LogP contribution in [0.15, 0.2) is 0 Å². The second-order valence-corrected chi connectivity index (χ2v) is 4.69. The Labute approximate surface area is 94.0 Å². The predicted molar refractivity (Wildman–Crippen MR) is 63.0 cm³/mol. The van der Waals surface area contributed by atoms with Crippen molar-refractivity contribution in [2.24, 2.45) is 0 Å². The van der Waals surface area contributed by atoms with E-state index in [9.17, 15) is 5.11 Å². The van der Waals surface area contributed by atoms with Gasteiger partial charge in [-0.3, -0.25) is 0 Å². The Morgan fingerprint density at radius 1 is 1.20 bits per heavy atom. The van der Waals surface area contributed by atoms with Crippen LogP contribution in [0.1, 0.15) is 64.7 Å². The van der Waals surface area contributed by atoms with E-state index in [4.69, 9.17) is 4.74 Å². The molecule has 0 aromatic carbocycles. The summed E-state index contributed by atoms with van der Waals surface area (Å²) in [7, 11) is 0. The van der Waals surface area contributed by atoms with Gasteiger partial charge in [0.25, 0.3) is 0 Å². The summed E-state index contributed by atoms with van der Waals surface area (Å²) >= 11 is 0. The summed E-state index contributed by atoms with van der Waals surface area (Å²) in [6.45, 7) is 2.86. The van der Waals surface area contributed by atoms with E-state index in [0.717, 1.165) is 25.9 Å². The minimum absolute atomic E-state index is 0.122. The van der Waals surface area contributed by atoms with Crippen molar-refractivity contribution < 1.29 is 9.84 Å². The lowest BCUT2D eigenvalue weighted by molar-refractivity contribution is 0.0341. The fourth-order valence-electron chi connectivity index (χ4n) is 2.18. The van der Waals surface area contributed by atoms with Crippen LogP contribution in [0.3, 0.4) is 0 Å². The summed E-state index contributed by atoms with van der Waals surface area (Å²) in [6.07, 6.45) is 11.1. The molecule has 1 fully saturated rings. The average Bonchev–Trinajstić information content (AvgIpc) is 2.52. The molecule has 1 aliphatic rings. The lowest BCUT2D eigenvalue weighted by Gasteiger charge is -2.15. The molecule has 1 saturated carbocycles.